The van der Waals surface area contributed by atoms with Gasteiger partial charge in [0.05, 0.1) is 6.54 Å². The zero-order valence-corrected chi connectivity index (χ0v) is 11.8. The Morgan fingerprint density at radius 1 is 1.58 bits per heavy atom. The fourth-order valence-corrected chi connectivity index (χ4v) is 1.62. The van der Waals surface area contributed by atoms with Gasteiger partial charge >= 0.3 is 0 Å². The molecule has 1 aromatic carbocycles. The second-order valence-corrected chi connectivity index (χ2v) is 4.57. The molecule has 1 rings (SSSR count). The number of carbonyl (C=O) groups excluding carboxylic acids is 1. The molecule has 0 heterocycles. The van der Waals surface area contributed by atoms with Crippen molar-refractivity contribution >= 4 is 17.5 Å². The predicted molar refractivity (Wildman–Crippen MR) is 77.7 cm³/mol. The summed E-state index contributed by atoms with van der Waals surface area (Å²) in [5, 5.41) is 3.37. The predicted octanol–water partition coefficient (Wildman–Crippen LogP) is 1.95. The Kier molecular flexibility index (Phi) is 7.00. The van der Waals surface area contributed by atoms with E-state index in [-0.39, 0.29) is 5.91 Å². The molecular weight excluding hydrogens is 264 g/mol. The van der Waals surface area contributed by atoms with E-state index in [1.807, 2.05) is 24.1 Å². The van der Waals surface area contributed by atoms with E-state index in [0.717, 1.165) is 5.75 Å². The van der Waals surface area contributed by atoms with Gasteiger partial charge < -0.3 is 10.1 Å². The molecule has 0 saturated heterocycles. The molecule has 0 aliphatic heterocycles. The molecule has 0 spiro atoms. The van der Waals surface area contributed by atoms with Crippen LogP contribution in [0.25, 0.3) is 0 Å². The number of nitrogens with zero attached hydrogens (tertiary/aromatic N) is 1. The van der Waals surface area contributed by atoms with Crippen LogP contribution in [0.5, 0.6) is 5.75 Å². The zero-order chi connectivity index (χ0) is 14.1. The van der Waals surface area contributed by atoms with Crippen molar-refractivity contribution in [1.29, 1.82) is 0 Å². The van der Waals surface area contributed by atoms with Crippen molar-refractivity contribution in [1.82, 2.24) is 10.2 Å². The van der Waals surface area contributed by atoms with E-state index >= 15 is 0 Å². The summed E-state index contributed by atoms with van der Waals surface area (Å²) in [6, 6.07) is 7.25. The molecule has 1 amide bonds. The van der Waals surface area contributed by atoms with Crippen molar-refractivity contribution in [3.05, 3.63) is 41.9 Å². The minimum absolute atomic E-state index is 0.0230. The minimum atomic E-state index is -0.0230. The van der Waals surface area contributed by atoms with E-state index < -0.39 is 0 Å². The highest BCUT2D eigenvalue weighted by Crippen LogP contribution is 2.16. The standard InChI is InChI=1S/C14H19ClN2O2/c1-3-7-16-14(18)11-17(2)8-9-19-13-6-4-5-12(15)10-13/h3-6,10H,1,7-9,11H2,2H3,(H,16,18). The van der Waals surface area contributed by atoms with Gasteiger partial charge in [-0.25, -0.2) is 0 Å². The lowest BCUT2D eigenvalue weighted by atomic mass is 10.3. The highest BCUT2D eigenvalue weighted by Gasteiger charge is 2.05. The number of nitrogens with one attached hydrogen (secondary N) is 1. The molecule has 0 radical (unpaired) electrons. The van der Waals surface area contributed by atoms with Crippen molar-refractivity contribution in [2.45, 2.75) is 0 Å². The van der Waals surface area contributed by atoms with Crippen LogP contribution >= 0.6 is 11.6 Å². The van der Waals surface area contributed by atoms with Crippen LogP contribution in [0.2, 0.25) is 5.02 Å². The van der Waals surface area contributed by atoms with Crippen molar-refractivity contribution in [3.63, 3.8) is 0 Å². The lowest BCUT2D eigenvalue weighted by molar-refractivity contribution is -0.121. The molecule has 0 bridgehead atoms. The average molecular weight is 283 g/mol. The topological polar surface area (TPSA) is 41.6 Å². The molecule has 0 unspecified atom stereocenters. The third-order valence-corrected chi connectivity index (χ3v) is 2.63. The first-order valence-corrected chi connectivity index (χ1v) is 6.44. The van der Waals surface area contributed by atoms with Crippen LogP contribution in [0.4, 0.5) is 0 Å². The Morgan fingerprint density at radius 3 is 3.05 bits per heavy atom. The largest absolute Gasteiger partial charge is 0.492 e. The summed E-state index contributed by atoms with van der Waals surface area (Å²) in [5.41, 5.74) is 0. The Bertz CT molecular complexity index is 424. The Hall–Kier alpha value is -1.52. The minimum Gasteiger partial charge on any atom is -0.492 e. The molecule has 104 valence electrons. The maximum Gasteiger partial charge on any atom is 0.234 e. The number of likely N-dealkylation sites (N-methyl/N-ethyl adjacent to an activating group) is 1. The van der Waals surface area contributed by atoms with Crippen molar-refractivity contribution < 1.29 is 9.53 Å². The third kappa shape index (κ3) is 6.84. The number of hydrogen-bond donors (Lipinski definition) is 1. The molecule has 0 fully saturated rings. The quantitative estimate of drug-likeness (QED) is 0.741. The fourth-order valence-electron chi connectivity index (χ4n) is 1.44. The summed E-state index contributed by atoms with van der Waals surface area (Å²) in [6.45, 7) is 5.54. The molecule has 5 heteroatoms. The van der Waals surface area contributed by atoms with Crippen molar-refractivity contribution in [2.24, 2.45) is 0 Å². The maximum atomic E-state index is 11.4. The van der Waals surface area contributed by atoms with E-state index in [4.69, 9.17) is 16.3 Å². The van der Waals surface area contributed by atoms with E-state index in [1.54, 1.807) is 18.2 Å². The van der Waals surface area contributed by atoms with E-state index in [9.17, 15) is 4.79 Å². The molecule has 1 N–H and O–H groups in total. The summed E-state index contributed by atoms with van der Waals surface area (Å²) in [7, 11) is 1.87. The fraction of sp³-hybridized carbons (Fsp3) is 0.357. The molecule has 0 atom stereocenters. The van der Waals surface area contributed by atoms with Crippen LogP contribution in [0, 0.1) is 0 Å². The second-order valence-electron chi connectivity index (χ2n) is 4.14. The number of hydrogen-bond acceptors (Lipinski definition) is 3. The van der Waals surface area contributed by atoms with Gasteiger partial charge in [-0.1, -0.05) is 23.7 Å². The van der Waals surface area contributed by atoms with Gasteiger partial charge in [-0.15, -0.1) is 6.58 Å². The lowest BCUT2D eigenvalue weighted by Crippen LogP contribution is -2.36. The Balaban J connectivity index is 2.21. The smallest absolute Gasteiger partial charge is 0.234 e. The number of ether oxygens (including phenoxy) is 1. The van der Waals surface area contributed by atoms with Gasteiger partial charge in [0, 0.05) is 18.1 Å². The zero-order valence-electron chi connectivity index (χ0n) is 11.1. The van der Waals surface area contributed by atoms with Crippen molar-refractivity contribution in [2.75, 3.05) is 33.3 Å². The molecule has 19 heavy (non-hydrogen) atoms. The Labute approximate surface area is 119 Å². The number of amides is 1. The maximum absolute atomic E-state index is 11.4. The van der Waals surface area contributed by atoms with E-state index in [0.29, 0.717) is 31.3 Å². The summed E-state index contributed by atoms with van der Waals surface area (Å²) in [4.78, 5) is 13.3. The lowest BCUT2D eigenvalue weighted by Gasteiger charge is -2.16. The van der Waals surface area contributed by atoms with E-state index in [2.05, 4.69) is 11.9 Å². The molecule has 0 aliphatic rings. The number of rotatable bonds is 8. The van der Waals surface area contributed by atoms with Crippen LogP contribution in [-0.2, 0) is 4.79 Å². The SMILES string of the molecule is C=CCNC(=O)CN(C)CCOc1cccc(Cl)c1. The highest BCUT2D eigenvalue weighted by atomic mass is 35.5. The first-order valence-electron chi connectivity index (χ1n) is 6.06. The molecule has 1 aromatic rings. The summed E-state index contributed by atoms with van der Waals surface area (Å²) >= 11 is 5.85. The summed E-state index contributed by atoms with van der Waals surface area (Å²) in [6.07, 6.45) is 1.65. The molecule has 4 nitrogen and oxygen atoms in total. The van der Waals surface area contributed by atoms with Gasteiger partial charge in [0.1, 0.15) is 12.4 Å². The highest BCUT2D eigenvalue weighted by molar-refractivity contribution is 6.30. The van der Waals surface area contributed by atoms with Crippen molar-refractivity contribution in [3.8, 4) is 5.75 Å². The molecule has 0 aliphatic carbocycles. The second kappa shape index (κ2) is 8.56. The van der Waals surface area contributed by atoms with Gasteiger partial charge in [-0.05, 0) is 25.2 Å². The molecule has 0 aromatic heterocycles. The van der Waals surface area contributed by atoms with E-state index in [1.165, 1.54) is 0 Å². The van der Waals surface area contributed by atoms with Gasteiger partial charge in [0.2, 0.25) is 5.91 Å². The van der Waals surface area contributed by atoms with Gasteiger partial charge in [-0.2, -0.15) is 0 Å². The first kappa shape index (κ1) is 15.5. The third-order valence-electron chi connectivity index (χ3n) is 2.39. The normalized spacial score (nSPS) is 10.3. The monoisotopic (exact) mass is 282 g/mol. The van der Waals surface area contributed by atoms with Gasteiger partial charge in [-0.3, -0.25) is 9.69 Å². The van der Waals surface area contributed by atoms with Gasteiger partial charge in [0.25, 0.3) is 0 Å². The Morgan fingerprint density at radius 2 is 2.37 bits per heavy atom. The average Bonchev–Trinajstić information content (AvgIpc) is 2.36. The van der Waals surface area contributed by atoms with Crippen LogP contribution in [0.1, 0.15) is 0 Å². The first-order chi connectivity index (χ1) is 9.11. The summed E-state index contributed by atoms with van der Waals surface area (Å²) < 4.78 is 5.55. The molecule has 0 saturated carbocycles. The van der Waals surface area contributed by atoms with Gasteiger partial charge in [0.15, 0.2) is 0 Å². The number of halogens is 1. The number of benzene rings is 1. The van der Waals surface area contributed by atoms with Crippen LogP contribution in [0.15, 0.2) is 36.9 Å². The molecular formula is C14H19ClN2O2. The number of carbonyl (C=O) groups is 1. The van der Waals surface area contributed by atoms with Crippen LogP contribution in [0.3, 0.4) is 0 Å². The van der Waals surface area contributed by atoms with Crippen LogP contribution < -0.4 is 10.1 Å². The van der Waals surface area contributed by atoms with Crippen LogP contribution in [-0.4, -0.2) is 44.1 Å². The summed E-state index contributed by atoms with van der Waals surface area (Å²) in [5.74, 6) is 0.710.